The third kappa shape index (κ3) is 7.06. The lowest BCUT2D eigenvalue weighted by molar-refractivity contribution is -0.153. The zero-order valence-corrected chi connectivity index (χ0v) is 18.6. The van der Waals surface area contributed by atoms with E-state index in [1.54, 1.807) is 27.9 Å². The average Bonchev–Trinajstić information content (AvgIpc) is 2.56. The second-order valence-corrected chi connectivity index (χ2v) is 8.52. The van der Waals surface area contributed by atoms with Crippen molar-refractivity contribution in [2.45, 2.75) is 79.1 Å². The Bertz CT molecular complexity index is 678. The lowest BCUT2D eigenvalue weighted by Crippen LogP contribution is -2.48. The fourth-order valence-electron chi connectivity index (χ4n) is 2.83. The molecule has 0 fully saturated rings. The molecule has 0 aromatic heterocycles. The maximum absolute atomic E-state index is 12.7. The molecule has 158 valence electrons. The van der Waals surface area contributed by atoms with Gasteiger partial charge in [0.25, 0.3) is 0 Å². The standard InChI is InChI=1S/C22H35NO5/c1-13(2)19(23-21(25)28-22(6,7)8)20(24)27-16(5)15(4)18-11-10-17(26-9)12-14(18)3/h10-13,15-16,19H,1-9H3,(H,23,25)/t15-,16+,19-/m0/s1. The second kappa shape index (κ2) is 9.80. The van der Waals surface area contributed by atoms with Crippen molar-refractivity contribution in [1.82, 2.24) is 5.32 Å². The van der Waals surface area contributed by atoms with Gasteiger partial charge in [0.05, 0.1) is 7.11 Å². The number of hydrogen-bond acceptors (Lipinski definition) is 5. The molecule has 0 aliphatic heterocycles. The minimum Gasteiger partial charge on any atom is -0.497 e. The number of carbonyl (C=O) groups is 2. The summed E-state index contributed by atoms with van der Waals surface area (Å²) in [6.45, 7) is 14.9. The van der Waals surface area contributed by atoms with Crippen LogP contribution in [0.1, 0.15) is 65.5 Å². The summed E-state index contributed by atoms with van der Waals surface area (Å²) >= 11 is 0. The SMILES string of the molecule is COc1ccc([C@@H](C)[C@@H](C)OC(=O)[C@@H](NC(=O)OC(C)(C)C)C(C)C)c(C)c1. The van der Waals surface area contributed by atoms with Gasteiger partial charge in [0.1, 0.15) is 23.5 Å². The first kappa shape index (κ1) is 23.8. The van der Waals surface area contributed by atoms with Crippen molar-refractivity contribution >= 4 is 12.1 Å². The zero-order chi connectivity index (χ0) is 21.6. The lowest BCUT2D eigenvalue weighted by atomic mass is 9.92. The van der Waals surface area contributed by atoms with E-state index in [9.17, 15) is 9.59 Å². The van der Waals surface area contributed by atoms with Crippen molar-refractivity contribution < 1.29 is 23.8 Å². The second-order valence-electron chi connectivity index (χ2n) is 8.52. The molecule has 0 aliphatic carbocycles. The van der Waals surface area contributed by atoms with Gasteiger partial charge in [-0.1, -0.05) is 26.8 Å². The van der Waals surface area contributed by atoms with Crippen LogP contribution in [-0.4, -0.2) is 36.9 Å². The molecule has 0 radical (unpaired) electrons. The average molecular weight is 394 g/mol. The van der Waals surface area contributed by atoms with E-state index in [-0.39, 0.29) is 17.9 Å². The fraction of sp³-hybridized carbons (Fsp3) is 0.636. The van der Waals surface area contributed by atoms with Crippen molar-refractivity contribution in [3.8, 4) is 5.75 Å². The van der Waals surface area contributed by atoms with Gasteiger partial charge >= 0.3 is 12.1 Å². The summed E-state index contributed by atoms with van der Waals surface area (Å²) in [6.07, 6.45) is -0.990. The quantitative estimate of drug-likeness (QED) is 0.686. The molecule has 0 aliphatic rings. The summed E-state index contributed by atoms with van der Waals surface area (Å²) in [7, 11) is 1.63. The van der Waals surface area contributed by atoms with E-state index >= 15 is 0 Å². The summed E-state index contributed by atoms with van der Waals surface area (Å²) in [5, 5.41) is 2.63. The maximum atomic E-state index is 12.7. The smallest absolute Gasteiger partial charge is 0.408 e. The molecule has 0 unspecified atom stereocenters. The number of amides is 1. The fourth-order valence-corrected chi connectivity index (χ4v) is 2.83. The van der Waals surface area contributed by atoms with Crippen molar-refractivity contribution in [2.24, 2.45) is 5.92 Å². The van der Waals surface area contributed by atoms with Gasteiger partial charge in [-0.2, -0.15) is 0 Å². The molecule has 0 heterocycles. The number of nitrogens with one attached hydrogen (secondary N) is 1. The van der Waals surface area contributed by atoms with Gasteiger partial charge in [-0.05, 0) is 63.8 Å². The Morgan fingerprint density at radius 1 is 1.07 bits per heavy atom. The highest BCUT2D eigenvalue weighted by Crippen LogP contribution is 2.28. The molecule has 1 rings (SSSR count). The number of carbonyl (C=O) groups excluding carboxylic acids is 2. The zero-order valence-electron chi connectivity index (χ0n) is 18.6. The third-order valence-corrected chi connectivity index (χ3v) is 4.57. The normalized spacial score (nSPS) is 14.8. The molecule has 1 aromatic rings. The van der Waals surface area contributed by atoms with Crippen LogP contribution in [0.15, 0.2) is 18.2 Å². The van der Waals surface area contributed by atoms with Gasteiger partial charge in [-0.25, -0.2) is 9.59 Å². The Hall–Kier alpha value is -2.24. The van der Waals surface area contributed by atoms with Gasteiger partial charge in [-0.3, -0.25) is 0 Å². The van der Waals surface area contributed by atoms with E-state index in [1.165, 1.54) is 0 Å². The molecule has 0 spiro atoms. The molecule has 3 atom stereocenters. The topological polar surface area (TPSA) is 73.9 Å². The Morgan fingerprint density at radius 3 is 2.14 bits per heavy atom. The van der Waals surface area contributed by atoms with Crippen LogP contribution in [-0.2, 0) is 14.3 Å². The largest absolute Gasteiger partial charge is 0.497 e. The Kier molecular flexibility index (Phi) is 8.33. The van der Waals surface area contributed by atoms with E-state index in [0.29, 0.717) is 0 Å². The van der Waals surface area contributed by atoms with E-state index < -0.39 is 23.7 Å². The minimum atomic E-state index is -0.776. The van der Waals surface area contributed by atoms with Crippen molar-refractivity contribution in [2.75, 3.05) is 7.11 Å². The van der Waals surface area contributed by atoms with Crippen molar-refractivity contribution in [1.29, 1.82) is 0 Å². The van der Waals surface area contributed by atoms with Gasteiger partial charge in [0.15, 0.2) is 0 Å². The first-order valence-corrected chi connectivity index (χ1v) is 9.70. The highest BCUT2D eigenvalue weighted by atomic mass is 16.6. The highest BCUT2D eigenvalue weighted by Gasteiger charge is 2.30. The number of benzene rings is 1. The molecule has 6 nitrogen and oxygen atoms in total. The van der Waals surface area contributed by atoms with Crippen molar-refractivity contribution in [3.63, 3.8) is 0 Å². The lowest BCUT2D eigenvalue weighted by Gasteiger charge is -2.28. The van der Waals surface area contributed by atoms with E-state index in [2.05, 4.69) is 5.32 Å². The predicted octanol–water partition coefficient (Wildman–Crippen LogP) is 4.59. The third-order valence-electron chi connectivity index (χ3n) is 4.57. The first-order chi connectivity index (χ1) is 12.9. The van der Waals surface area contributed by atoms with E-state index in [0.717, 1.165) is 16.9 Å². The summed E-state index contributed by atoms with van der Waals surface area (Å²) in [4.78, 5) is 24.8. The van der Waals surface area contributed by atoms with Crippen LogP contribution in [0.5, 0.6) is 5.75 Å². The van der Waals surface area contributed by atoms with Gasteiger partial charge in [0.2, 0.25) is 0 Å². The summed E-state index contributed by atoms with van der Waals surface area (Å²) < 4.78 is 16.2. The van der Waals surface area contributed by atoms with Gasteiger partial charge in [0, 0.05) is 5.92 Å². The summed E-state index contributed by atoms with van der Waals surface area (Å²) in [5.41, 5.74) is 1.52. The molecule has 0 saturated heterocycles. The van der Waals surface area contributed by atoms with Gasteiger partial charge in [-0.15, -0.1) is 0 Å². The number of rotatable bonds is 7. The number of aryl methyl sites for hydroxylation is 1. The maximum Gasteiger partial charge on any atom is 0.408 e. The number of esters is 1. The molecule has 6 heteroatoms. The molecular weight excluding hydrogens is 358 g/mol. The van der Waals surface area contributed by atoms with Crippen LogP contribution in [0, 0.1) is 12.8 Å². The van der Waals surface area contributed by atoms with Gasteiger partial charge < -0.3 is 19.5 Å². The minimum absolute atomic E-state index is 0.0100. The molecule has 28 heavy (non-hydrogen) atoms. The van der Waals surface area contributed by atoms with Crippen LogP contribution < -0.4 is 10.1 Å². The molecule has 0 saturated carbocycles. The monoisotopic (exact) mass is 393 g/mol. The van der Waals surface area contributed by atoms with Crippen LogP contribution in [0.2, 0.25) is 0 Å². The van der Waals surface area contributed by atoms with Crippen LogP contribution in [0.3, 0.4) is 0 Å². The summed E-state index contributed by atoms with van der Waals surface area (Å²) in [5.74, 6) is 0.181. The number of hydrogen-bond donors (Lipinski definition) is 1. The van der Waals surface area contributed by atoms with E-state index in [1.807, 2.05) is 52.8 Å². The Labute approximate surface area is 168 Å². The number of methoxy groups -OCH3 is 1. The summed E-state index contributed by atoms with van der Waals surface area (Å²) in [6, 6.07) is 5.07. The van der Waals surface area contributed by atoms with Crippen molar-refractivity contribution in [3.05, 3.63) is 29.3 Å². The molecular formula is C22H35NO5. The predicted molar refractivity (Wildman–Crippen MR) is 110 cm³/mol. The number of alkyl carbamates (subject to hydrolysis) is 1. The van der Waals surface area contributed by atoms with Crippen LogP contribution >= 0.6 is 0 Å². The number of ether oxygens (including phenoxy) is 3. The highest BCUT2D eigenvalue weighted by molar-refractivity contribution is 5.81. The van der Waals surface area contributed by atoms with Crippen LogP contribution in [0.25, 0.3) is 0 Å². The van der Waals surface area contributed by atoms with E-state index in [4.69, 9.17) is 14.2 Å². The van der Waals surface area contributed by atoms with Crippen LogP contribution in [0.4, 0.5) is 4.79 Å². The Morgan fingerprint density at radius 2 is 1.68 bits per heavy atom. The Balaban J connectivity index is 2.82. The molecule has 1 amide bonds. The molecule has 1 aromatic carbocycles. The molecule has 1 N–H and O–H groups in total. The first-order valence-electron chi connectivity index (χ1n) is 9.70. The molecule has 0 bridgehead atoms.